The molecule has 0 radical (unpaired) electrons. The Balaban J connectivity index is 1.77. The molecule has 0 unspecified atom stereocenters. The van der Waals surface area contributed by atoms with Crippen LogP contribution in [0.1, 0.15) is 15.9 Å². The number of aromatic nitrogens is 4. The number of methoxy groups -OCH3 is 1. The molecule has 0 amide bonds. The Morgan fingerprint density at radius 2 is 1.91 bits per heavy atom. The first-order valence-electron chi connectivity index (χ1n) is 6.87. The average Bonchev–Trinajstić information content (AvgIpc) is 3.03. The van der Waals surface area contributed by atoms with Gasteiger partial charge in [0.05, 0.1) is 19.2 Å². The fraction of sp³-hybridized carbons (Fsp3) is 0.125. The maximum Gasteiger partial charge on any atom is 0.337 e. The molecule has 0 spiro atoms. The van der Waals surface area contributed by atoms with Gasteiger partial charge in [0.15, 0.2) is 0 Å². The SMILES string of the molecule is COC(=O)c1ccc(Cn2nnc(-c3ccccc3Br)n2)cc1. The van der Waals surface area contributed by atoms with Crippen LogP contribution in [0.5, 0.6) is 0 Å². The highest BCUT2D eigenvalue weighted by molar-refractivity contribution is 9.10. The molecule has 0 atom stereocenters. The number of rotatable bonds is 4. The van der Waals surface area contributed by atoms with Gasteiger partial charge in [-0.2, -0.15) is 4.80 Å². The van der Waals surface area contributed by atoms with Crippen molar-refractivity contribution in [1.29, 1.82) is 0 Å². The summed E-state index contributed by atoms with van der Waals surface area (Å²) < 4.78 is 5.59. The van der Waals surface area contributed by atoms with E-state index in [0.29, 0.717) is 17.9 Å². The van der Waals surface area contributed by atoms with Crippen LogP contribution in [-0.2, 0) is 11.3 Å². The zero-order chi connectivity index (χ0) is 16.2. The minimum Gasteiger partial charge on any atom is -0.465 e. The molecule has 0 bridgehead atoms. The molecule has 0 aliphatic carbocycles. The van der Waals surface area contributed by atoms with Crippen molar-refractivity contribution in [2.45, 2.75) is 6.54 Å². The van der Waals surface area contributed by atoms with Crippen LogP contribution in [0.4, 0.5) is 0 Å². The Morgan fingerprint density at radius 1 is 1.17 bits per heavy atom. The Kier molecular flexibility index (Phi) is 4.47. The van der Waals surface area contributed by atoms with E-state index < -0.39 is 0 Å². The average molecular weight is 373 g/mol. The Bertz CT molecular complexity index is 830. The normalized spacial score (nSPS) is 10.5. The fourth-order valence-electron chi connectivity index (χ4n) is 2.09. The van der Waals surface area contributed by atoms with E-state index in [1.165, 1.54) is 11.9 Å². The van der Waals surface area contributed by atoms with Gasteiger partial charge in [-0.05, 0) is 35.0 Å². The highest BCUT2D eigenvalue weighted by Gasteiger charge is 2.10. The summed E-state index contributed by atoms with van der Waals surface area (Å²) in [7, 11) is 1.36. The molecule has 2 aromatic carbocycles. The number of esters is 1. The largest absolute Gasteiger partial charge is 0.465 e. The second-order valence-corrected chi connectivity index (χ2v) is 5.67. The molecule has 0 aliphatic heterocycles. The lowest BCUT2D eigenvalue weighted by atomic mass is 10.1. The molecule has 0 saturated heterocycles. The van der Waals surface area contributed by atoms with Crippen LogP contribution in [0.2, 0.25) is 0 Å². The molecule has 0 saturated carbocycles. The van der Waals surface area contributed by atoms with E-state index in [-0.39, 0.29) is 5.97 Å². The van der Waals surface area contributed by atoms with Crippen LogP contribution in [0, 0.1) is 0 Å². The number of benzene rings is 2. The second kappa shape index (κ2) is 6.70. The van der Waals surface area contributed by atoms with Crippen molar-refractivity contribution in [3.8, 4) is 11.4 Å². The van der Waals surface area contributed by atoms with Gasteiger partial charge in [-0.15, -0.1) is 10.2 Å². The zero-order valence-electron chi connectivity index (χ0n) is 12.3. The Hall–Kier alpha value is -2.54. The van der Waals surface area contributed by atoms with Crippen LogP contribution in [0.3, 0.4) is 0 Å². The highest BCUT2D eigenvalue weighted by atomic mass is 79.9. The van der Waals surface area contributed by atoms with Gasteiger partial charge in [0.25, 0.3) is 0 Å². The highest BCUT2D eigenvalue weighted by Crippen LogP contribution is 2.24. The smallest absolute Gasteiger partial charge is 0.337 e. The van der Waals surface area contributed by atoms with Crippen molar-refractivity contribution in [2.75, 3.05) is 7.11 Å². The molecule has 1 heterocycles. The Labute approximate surface area is 141 Å². The predicted molar refractivity (Wildman–Crippen MR) is 87.8 cm³/mol. The summed E-state index contributed by atoms with van der Waals surface area (Å²) in [6, 6.07) is 14.8. The summed E-state index contributed by atoms with van der Waals surface area (Å²) in [5.41, 5.74) is 2.37. The van der Waals surface area contributed by atoms with E-state index in [4.69, 9.17) is 0 Å². The molecule has 23 heavy (non-hydrogen) atoms. The molecule has 3 aromatic rings. The molecule has 7 heteroatoms. The number of hydrogen-bond donors (Lipinski definition) is 0. The number of nitrogens with zero attached hydrogens (tertiary/aromatic N) is 4. The number of ether oxygens (including phenoxy) is 1. The van der Waals surface area contributed by atoms with E-state index >= 15 is 0 Å². The standard InChI is InChI=1S/C16H13BrN4O2/c1-23-16(22)12-8-6-11(7-9-12)10-21-19-15(18-20-21)13-4-2-3-5-14(13)17/h2-9H,10H2,1H3. The third kappa shape index (κ3) is 3.45. The van der Waals surface area contributed by atoms with Crippen LogP contribution >= 0.6 is 15.9 Å². The van der Waals surface area contributed by atoms with Crippen molar-refractivity contribution in [3.63, 3.8) is 0 Å². The van der Waals surface area contributed by atoms with Crippen molar-refractivity contribution in [3.05, 3.63) is 64.1 Å². The number of halogens is 1. The van der Waals surface area contributed by atoms with Gasteiger partial charge in [-0.25, -0.2) is 4.79 Å². The first-order valence-corrected chi connectivity index (χ1v) is 7.66. The van der Waals surface area contributed by atoms with Crippen LogP contribution < -0.4 is 0 Å². The van der Waals surface area contributed by atoms with Crippen LogP contribution in [0.25, 0.3) is 11.4 Å². The van der Waals surface area contributed by atoms with Crippen LogP contribution in [0.15, 0.2) is 53.0 Å². The van der Waals surface area contributed by atoms with Crippen molar-refractivity contribution in [2.24, 2.45) is 0 Å². The Morgan fingerprint density at radius 3 is 2.61 bits per heavy atom. The molecular formula is C16H13BrN4O2. The third-order valence-corrected chi connectivity index (χ3v) is 3.96. The van der Waals surface area contributed by atoms with E-state index in [1.54, 1.807) is 12.1 Å². The molecule has 3 rings (SSSR count). The zero-order valence-corrected chi connectivity index (χ0v) is 13.9. The topological polar surface area (TPSA) is 69.9 Å². The number of carbonyl (C=O) groups excluding carboxylic acids is 1. The van der Waals surface area contributed by atoms with Gasteiger partial charge >= 0.3 is 5.97 Å². The molecule has 116 valence electrons. The van der Waals surface area contributed by atoms with Gasteiger partial charge in [0.2, 0.25) is 5.82 Å². The van der Waals surface area contributed by atoms with E-state index in [9.17, 15) is 4.79 Å². The van der Waals surface area contributed by atoms with Gasteiger partial charge in [-0.3, -0.25) is 0 Å². The lowest BCUT2D eigenvalue weighted by Gasteiger charge is -2.02. The number of hydrogen-bond acceptors (Lipinski definition) is 5. The van der Waals surface area contributed by atoms with E-state index in [1.807, 2.05) is 36.4 Å². The molecule has 1 aromatic heterocycles. The summed E-state index contributed by atoms with van der Waals surface area (Å²) in [5, 5.41) is 12.5. The summed E-state index contributed by atoms with van der Waals surface area (Å²) in [6.07, 6.45) is 0. The van der Waals surface area contributed by atoms with Crippen molar-refractivity contribution < 1.29 is 9.53 Å². The molecular weight excluding hydrogens is 360 g/mol. The summed E-state index contributed by atoms with van der Waals surface area (Å²) >= 11 is 3.48. The maximum absolute atomic E-state index is 11.4. The first-order chi connectivity index (χ1) is 11.2. The predicted octanol–water partition coefficient (Wildman–Crippen LogP) is 2.94. The minimum absolute atomic E-state index is 0.355. The maximum atomic E-state index is 11.4. The van der Waals surface area contributed by atoms with Crippen molar-refractivity contribution in [1.82, 2.24) is 20.2 Å². The summed E-state index contributed by atoms with van der Waals surface area (Å²) in [5.74, 6) is 0.204. The van der Waals surface area contributed by atoms with E-state index in [2.05, 4.69) is 36.1 Å². The van der Waals surface area contributed by atoms with Crippen molar-refractivity contribution >= 4 is 21.9 Å². The minimum atomic E-state index is -0.355. The third-order valence-electron chi connectivity index (χ3n) is 3.27. The van der Waals surface area contributed by atoms with E-state index in [0.717, 1.165) is 15.6 Å². The fourth-order valence-corrected chi connectivity index (χ4v) is 2.55. The summed E-state index contributed by atoms with van der Waals surface area (Å²) in [4.78, 5) is 12.9. The van der Waals surface area contributed by atoms with Gasteiger partial charge in [-0.1, -0.05) is 40.2 Å². The number of carbonyl (C=O) groups is 1. The van der Waals surface area contributed by atoms with Crippen LogP contribution in [-0.4, -0.2) is 33.3 Å². The first kappa shape index (κ1) is 15.4. The molecule has 0 aliphatic rings. The van der Waals surface area contributed by atoms with Gasteiger partial charge < -0.3 is 4.74 Å². The summed E-state index contributed by atoms with van der Waals surface area (Å²) in [6.45, 7) is 0.471. The number of tetrazole rings is 1. The molecule has 6 nitrogen and oxygen atoms in total. The lowest BCUT2D eigenvalue weighted by Crippen LogP contribution is -2.05. The molecule has 0 fully saturated rings. The monoisotopic (exact) mass is 372 g/mol. The van der Waals surface area contributed by atoms with Gasteiger partial charge in [0.1, 0.15) is 0 Å². The second-order valence-electron chi connectivity index (χ2n) is 4.81. The quantitative estimate of drug-likeness (QED) is 0.658. The van der Waals surface area contributed by atoms with Gasteiger partial charge in [0, 0.05) is 10.0 Å². The molecule has 0 N–H and O–H groups in total. The lowest BCUT2D eigenvalue weighted by molar-refractivity contribution is 0.0600.